The molecule has 78 valence electrons. The number of rotatable bonds is 3. The number of hydrogen-bond donors (Lipinski definition) is 0. The van der Waals surface area contributed by atoms with E-state index in [0.29, 0.717) is 12.3 Å². The zero-order valence-corrected chi connectivity index (χ0v) is 9.71. The van der Waals surface area contributed by atoms with Crippen LogP contribution in [0.2, 0.25) is 0 Å². The molecular weight excluding hydrogens is 162 g/mol. The molecule has 3 unspecified atom stereocenters. The van der Waals surface area contributed by atoms with Crippen molar-refractivity contribution in [3.8, 4) is 0 Å². The Hall–Kier alpha value is -0.0800. The third-order valence-electron chi connectivity index (χ3n) is 3.96. The van der Waals surface area contributed by atoms with Crippen molar-refractivity contribution in [2.45, 2.75) is 46.9 Å². The maximum absolute atomic E-state index is 5.70. The Bertz CT molecular complexity index is 169. The number of hydrogen-bond acceptors (Lipinski definition) is 1. The minimum atomic E-state index is 0.391. The van der Waals surface area contributed by atoms with Crippen molar-refractivity contribution in [1.82, 2.24) is 0 Å². The molecule has 1 fully saturated rings. The van der Waals surface area contributed by atoms with E-state index in [9.17, 15) is 0 Å². The molecule has 1 aliphatic heterocycles. The van der Waals surface area contributed by atoms with Gasteiger partial charge in [0.25, 0.3) is 0 Å². The molecule has 3 atom stereocenters. The highest BCUT2D eigenvalue weighted by Crippen LogP contribution is 2.28. The molecule has 0 amide bonds. The van der Waals surface area contributed by atoms with Gasteiger partial charge in [-0.3, -0.25) is 4.48 Å². The maximum Gasteiger partial charge on any atom is 0.190 e. The summed E-state index contributed by atoms with van der Waals surface area (Å²) < 4.78 is 6.85. The summed E-state index contributed by atoms with van der Waals surface area (Å²) in [7, 11) is 0. The molecule has 2 heteroatoms. The van der Waals surface area contributed by atoms with Gasteiger partial charge in [-0.1, -0.05) is 13.8 Å². The smallest absolute Gasteiger partial charge is 0.190 e. The van der Waals surface area contributed by atoms with Crippen LogP contribution in [0.1, 0.15) is 34.6 Å². The van der Waals surface area contributed by atoms with Crippen molar-refractivity contribution in [2.75, 3.05) is 19.7 Å². The summed E-state index contributed by atoms with van der Waals surface area (Å²) >= 11 is 0. The fraction of sp³-hybridized carbons (Fsp3) is 1.00. The van der Waals surface area contributed by atoms with Gasteiger partial charge in [0.05, 0.1) is 12.6 Å². The van der Waals surface area contributed by atoms with Crippen LogP contribution in [-0.2, 0) is 4.74 Å². The number of nitrogens with zero attached hydrogens (tertiary/aromatic N) is 1. The van der Waals surface area contributed by atoms with Gasteiger partial charge < -0.3 is 4.74 Å². The van der Waals surface area contributed by atoms with Crippen LogP contribution in [0.25, 0.3) is 0 Å². The zero-order valence-electron chi connectivity index (χ0n) is 9.71. The molecule has 1 heterocycles. The van der Waals surface area contributed by atoms with E-state index in [1.807, 2.05) is 0 Å². The van der Waals surface area contributed by atoms with Crippen molar-refractivity contribution in [1.29, 1.82) is 0 Å². The number of ether oxygens (including phenoxy) is 1. The molecule has 0 aliphatic carbocycles. The molecular formula is C11H24NO+. The Morgan fingerprint density at radius 1 is 1.38 bits per heavy atom. The van der Waals surface area contributed by atoms with Crippen molar-refractivity contribution < 1.29 is 9.22 Å². The van der Waals surface area contributed by atoms with Gasteiger partial charge in [0.2, 0.25) is 0 Å². The third kappa shape index (κ3) is 1.75. The van der Waals surface area contributed by atoms with Gasteiger partial charge in [0, 0.05) is 12.8 Å². The van der Waals surface area contributed by atoms with Crippen molar-refractivity contribution in [2.24, 2.45) is 5.92 Å². The van der Waals surface area contributed by atoms with Gasteiger partial charge in [-0.25, -0.2) is 0 Å². The molecule has 0 aromatic heterocycles. The van der Waals surface area contributed by atoms with Crippen LogP contribution in [0.4, 0.5) is 0 Å². The SMILES string of the molecule is CC[N+]1(C(C)C(C)C)CCOC1C. The summed E-state index contributed by atoms with van der Waals surface area (Å²) in [6.07, 6.45) is 0.391. The number of quaternary nitrogens is 1. The van der Waals surface area contributed by atoms with E-state index in [2.05, 4.69) is 34.6 Å². The second kappa shape index (κ2) is 3.97. The minimum Gasteiger partial charge on any atom is -0.324 e. The van der Waals surface area contributed by atoms with Crippen LogP contribution < -0.4 is 0 Å². The van der Waals surface area contributed by atoms with E-state index in [1.165, 1.54) is 13.1 Å². The lowest BCUT2D eigenvalue weighted by atomic mass is 10.0. The molecule has 0 spiro atoms. The highest BCUT2D eigenvalue weighted by atomic mass is 16.5. The molecule has 0 saturated carbocycles. The fourth-order valence-electron chi connectivity index (χ4n) is 2.56. The molecule has 0 bridgehead atoms. The van der Waals surface area contributed by atoms with Crippen LogP contribution >= 0.6 is 0 Å². The Balaban J connectivity index is 2.79. The second-order valence-electron chi connectivity index (χ2n) is 4.60. The van der Waals surface area contributed by atoms with Crippen LogP contribution in [0, 0.1) is 5.92 Å². The topological polar surface area (TPSA) is 9.23 Å². The molecule has 0 radical (unpaired) electrons. The van der Waals surface area contributed by atoms with E-state index in [4.69, 9.17) is 4.74 Å². The Morgan fingerprint density at radius 2 is 2.00 bits per heavy atom. The molecule has 1 aliphatic rings. The summed E-state index contributed by atoms with van der Waals surface area (Å²) in [6.45, 7) is 14.8. The quantitative estimate of drug-likeness (QED) is 0.614. The molecule has 13 heavy (non-hydrogen) atoms. The first-order valence-electron chi connectivity index (χ1n) is 5.52. The Kier molecular flexibility index (Phi) is 3.36. The zero-order chi connectivity index (χ0) is 10.1. The monoisotopic (exact) mass is 186 g/mol. The molecule has 1 rings (SSSR count). The summed E-state index contributed by atoms with van der Waals surface area (Å²) in [5.74, 6) is 0.740. The molecule has 0 aromatic rings. The van der Waals surface area contributed by atoms with Crippen molar-refractivity contribution >= 4 is 0 Å². The molecule has 2 nitrogen and oxygen atoms in total. The van der Waals surface area contributed by atoms with E-state index in [0.717, 1.165) is 17.0 Å². The number of likely N-dealkylation sites (N-methyl/N-ethyl adjacent to an activating group) is 1. The average Bonchev–Trinajstić information content (AvgIpc) is 2.46. The Labute approximate surface area is 82.5 Å². The first-order valence-corrected chi connectivity index (χ1v) is 5.52. The first kappa shape index (κ1) is 11.0. The summed E-state index contributed by atoms with van der Waals surface area (Å²) in [5, 5.41) is 0. The Morgan fingerprint density at radius 3 is 2.31 bits per heavy atom. The largest absolute Gasteiger partial charge is 0.324 e. The summed E-state index contributed by atoms with van der Waals surface area (Å²) in [4.78, 5) is 0. The molecule has 1 saturated heterocycles. The summed E-state index contributed by atoms with van der Waals surface area (Å²) in [6, 6.07) is 0.711. The van der Waals surface area contributed by atoms with Gasteiger partial charge in [0.15, 0.2) is 6.23 Å². The lowest BCUT2D eigenvalue weighted by molar-refractivity contribution is -0.970. The van der Waals surface area contributed by atoms with Crippen LogP contribution in [0.15, 0.2) is 0 Å². The highest BCUT2D eigenvalue weighted by molar-refractivity contribution is 4.63. The van der Waals surface area contributed by atoms with Gasteiger partial charge in [-0.2, -0.15) is 0 Å². The summed E-state index contributed by atoms with van der Waals surface area (Å²) in [5.41, 5.74) is 0. The predicted octanol–water partition coefficient (Wildman–Crippen LogP) is 2.24. The fourth-order valence-corrected chi connectivity index (χ4v) is 2.56. The third-order valence-corrected chi connectivity index (χ3v) is 3.96. The van der Waals surface area contributed by atoms with Crippen LogP contribution in [0.3, 0.4) is 0 Å². The van der Waals surface area contributed by atoms with E-state index in [-0.39, 0.29) is 0 Å². The van der Waals surface area contributed by atoms with E-state index >= 15 is 0 Å². The van der Waals surface area contributed by atoms with Gasteiger partial charge in [-0.05, 0) is 13.8 Å². The molecule has 0 aromatic carbocycles. The van der Waals surface area contributed by atoms with Gasteiger partial charge >= 0.3 is 0 Å². The molecule has 0 N–H and O–H groups in total. The lowest BCUT2D eigenvalue weighted by Crippen LogP contribution is -2.58. The van der Waals surface area contributed by atoms with E-state index < -0.39 is 0 Å². The van der Waals surface area contributed by atoms with E-state index in [1.54, 1.807) is 0 Å². The predicted molar refractivity (Wildman–Crippen MR) is 55.4 cm³/mol. The van der Waals surface area contributed by atoms with Crippen LogP contribution in [0.5, 0.6) is 0 Å². The average molecular weight is 186 g/mol. The minimum absolute atomic E-state index is 0.391. The van der Waals surface area contributed by atoms with Crippen molar-refractivity contribution in [3.05, 3.63) is 0 Å². The van der Waals surface area contributed by atoms with Gasteiger partial charge in [-0.15, -0.1) is 0 Å². The van der Waals surface area contributed by atoms with Crippen molar-refractivity contribution in [3.63, 3.8) is 0 Å². The maximum atomic E-state index is 5.70. The highest BCUT2D eigenvalue weighted by Gasteiger charge is 2.43. The first-order chi connectivity index (χ1) is 6.04. The standard InChI is InChI=1S/C11H24NO/c1-6-12(10(4)9(2)3)7-8-13-11(12)5/h9-11H,6-8H2,1-5H3/q+1. The lowest BCUT2D eigenvalue weighted by Gasteiger charge is -2.43. The normalized spacial score (nSPS) is 36.9. The second-order valence-corrected chi connectivity index (χ2v) is 4.60. The van der Waals surface area contributed by atoms with Gasteiger partial charge in [0.1, 0.15) is 13.2 Å². The van der Waals surface area contributed by atoms with Crippen LogP contribution in [-0.4, -0.2) is 36.4 Å².